The second-order valence-corrected chi connectivity index (χ2v) is 8.56. The van der Waals surface area contributed by atoms with Gasteiger partial charge in [0.25, 0.3) is 5.91 Å². The van der Waals surface area contributed by atoms with Crippen molar-refractivity contribution >= 4 is 33.3 Å². The van der Waals surface area contributed by atoms with E-state index in [-0.39, 0.29) is 22.0 Å². The molecule has 0 aliphatic carbocycles. The monoisotopic (exact) mass is 393 g/mol. The molecule has 2 heterocycles. The van der Waals surface area contributed by atoms with Gasteiger partial charge in [-0.25, -0.2) is 13.4 Å². The summed E-state index contributed by atoms with van der Waals surface area (Å²) in [6.07, 6.45) is 2.78. The number of benzene rings is 1. The lowest BCUT2D eigenvalue weighted by atomic mass is 10.1. The Labute approximate surface area is 158 Å². The van der Waals surface area contributed by atoms with E-state index < -0.39 is 10.0 Å². The van der Waals surface area contributed by atoms with Crippen LogP contribution in [-0.2, 0) is 10.0 Å². The molecule has 138 valence electrons. The molecule has 26 heavy (non-hydrogen) atoms. The third-order valence-electron chi connectivity index (χ3n) is 4.42. The molecular formula is C18H20ClN3O3S. The van der Waals surface area contributed by atoms with Gasteiger partial charge in [0.05, 0.1) is 4.90 Å². The maximum atomic E-state index is 12.8. The third kappa shape index (κ3) is 4.06. The van der Waals surface area contributed by atoms with Crippen LogP contribution in [0.5, 0.6) is 0 Å². The number of rotatable bonds is 4. The number of nitrogens with zero attached hydrogens (tertiary/aromatic N) is 2. The van der Waals surface area contributed by atoms with Crippen molar-refractivity contribution in [1.82, 2.24) is 9.29 Å². The van der Waals surface area contributed by atoms with E-state index in [1.165, 1.54) is 24.3 Å². The van der Waals surface area contributed by atoms with E-state index in [2.05, 4.69) is 10.3 Å². The Morgan fingerprint density at radius 3 is 2.58 bits per heavy atom. The Morgan fingerprint density at radius 1 is 1.19 bits per heavy atom. The van der Waals surface area contributed by atoms with E-state index in [0.29, 0.717) is 17.9 Å². The molecule has 0 radical (unpaired) electrons. The Morgan fingerprint density at radius 2 is 1.92 bits per heavy atom. The smallest absolute Gasteiger partial charge is 0.256 e. The van der Waals surface area contributed by atoms with Gasteiger partial charge >= 0.3 is 0 Å². The minimum atomic E-state index is -3.55. The van der Waals surface area contributed by atoms with Crippen molar-refractivity contribution in [2.45, 2.75) is 37.1 Å². The number of halogens is 1. The number of aromatic nitrogens is 1. The summed E-state index contributed by atoms with van der Waals surface area (Å²) in [6.45, 7) is 2.46. The van der Waals surface area contributed by atoms with Crippen molar-refractivity contribution in [3.8, 4) is 0 Å². The number of carbonyl (C=O) groups is 1. The highest BCUT2D eigenvalue weighted by molar-refractivity contribution is 7.89. The van der Waals surface area contributed by atoms with Crippen molar-refractivity contribution in [2.75, 3.05) is 11.9 Å². The number of hydrogen-bond donors (Lipinski definition) is 1. The van der Waals surface area contributed by atoms with Gasteiger partial charge in [-0.2, -0.15) is 4.31 Å². The molecule has 0 bridgehead atoms. The molecule has 1 unspecified atom stereocenters. The molecule has 1 amide bonds. The minimum absolute atomic E-state index is 0.00868. The van der Waals surface area contributed by atoms with E-state index in [0.717, 1.165) is 19.3 Å². The third-order valence-corrected chi connectivity index (χ3v) is 6.66. The summed E-state index contributed by atoms with van der Waals surface area (Å²) >= 11 is 5.80. The molecule has 0 saturated carbocycles. The molecule has 6 nitrogen and oxygen atoms in total. The van der Waals surface area contributed by atoms with Crippen LogP contribution in [0.25, 0.3) is 0 Å². The van der Waals surface area contributed by atoms with Gasteiger partial charge in [-0.15, -0.1) is 0 Å². The predicted molar refractivity (Wildman–Crippen MR) is 101 cm³/mol. The summed E-state index contributed by atoms with van der Waals surface area (Å²) in [4.78, 5) is 16.5. The summed E-state index contributed by atoms with van der Waals surface area (Å²) in [5.41, 5.74) is 0.345. The molecule has 1 atom stereocenters. The van der Waals surface area contributed by atoms with Crippen LogP contribution < -0.4 is 5.32 Å². The lowest BCUT2D eigenvalue weighted by Gasteiger charge is -2.32. The molecule has 1 aliphatic heterocycles. The summed E-state index contributed by atoms with van der Waals surface area (Å²) in [5.74, 6) is -0.0450. The van der Waals surface area contributed by atoms with E-state index >= 15 is 0 Å². The zero-order chi connectivity index (χ0) is 18.7. The first-order chi connectivity index (χ1) is 12.4. The maximum Gasteiger partial charge on any atom is 0.256 e. The van der Waals surface area contributed by atoms with Gasteiger partial charge in [0.15, 0.2) is 0 Å². The maximum absolute atomic E-state index is 12.8. The lowest BCUT2D eigenvalue weighted by Crippen LogP contribution is -2.41. The number of piperidine rings is 1. The number of pyridine rings is 1. The van der Waals surface area contributed by atoms with Gasteiger partial charge in [0.1, 0.15) is 11.0 Å². The molecule has 1 fully saturated rings. The fourth-order valence-corrected chi connectivity index (χ4v) is 4.87. The standard InChI is InChI=1S/C18H20ClN3O3S/c1-13-5-2-3-12-22(13)26(24,25)15-10-8-14(9-11-15)18(23)21-17-7-4-6-16(19)20-17/h4,6-11,13H,2-3,5,12H2,1H3,(H,20,21,23). The fraction of sp³-hybridized carbons (Fsp3) is 0.333. The Bertz CT molecular complexity index is 900. The van der Waals surface area contributed by atoms with Crippen LogP contribution in [0.1, 0.15) is 36.5 Å². The number of hydrogen-bond acceptors (Lipinski definition) is 4. The molecule has 1 N–H and O–H groups in total. The number of nitrogens with one attached hydrogen (secondary N) is 1. The largest absolute Gasteiger partial charge is 0.307 e. The van der Waals surface area contributed by atoms with Crippen LogP contribution in [0.15, 0.2) is 47.4 Å². The first-order valence-corrected chi connectivity index (χ1v) is 10.3. The predicted octanol–water partition coefficient (Wildman–Crippen LogP) is 3.55. The summed E-state index contributed by atoms with van der Waals surface area (Å²) in [6, 6.07) is 10.8. The zero-order valence-corrected chi connectivity index (χ0v) is 15.9. The molecule has 0 spiro atoms. The second-order valence-electron chi connectivity index (χ2n) is 6.28. The van der Waals surface area contributed by atoms with Crippen LogP contribution in [0, 0.1) is 0 Å². The van der Waals surface area contributed by atoms with E-state index in [9.17, 15) is 13.2 Å². The highest BCUT2D eigenvalue weighted by Crippen LogP contribution is 2.25. The molecule has 2 aromatic rings. The van der Waals surface area contributed by atoms with Crippen LogP contribution >= 0.6 is 11.6 Å². The quantitative estimate of drug-likeness (QED) is 0.805. The Kier molecular flexibility index (Phi) is 5.60. The van der Waals surface area contributed by atoms with Gasteiger partial charge < -0.3 is 5.32 Å². The highest BCUT2D eigenvalue weighted by Gasteiger charge is 2.30. The van der Waals surface area contributed by atoms with Crippen molar-refractivity contribution < 1.29 is 13.2 Å². The van der Waals surface area contributed by atoms with Gasteiger partial charge in [-0.1, -0.05) is 24.1 Å². The van der Waals surface area contributed by atoms with Crippen molar-refractivity contribution in [2.24, 2.45) is 0 Å². The van der Waals surface area contributed by atoms with Crippen molar-refractivity contribution in [3.05, 3.63) is 53.2 Å². The Hall–Kier alpha value is -1.96. The average Bonchev–Trinajstić information content (AvgIpc) is 2.62. The summed E-state index contributed by atoms with van der Waals surface area (Å²) in [7, 11) is -3.55. The van der Waals surface area contributed by atoms with Crippen molar-refractivity contribution in [3.63, 3.8) is 0 Å². The second kappa shape index (κ2) is 7.73. The first-order valence-electron chi connectivity index (χ1n) is 8.44. The topological polar surface area (TPSA) is 79.4 Å². The fourth-order valence-electron chi connectivity index (χ4n) is 3.01. The molecule has 1 saturated heterocycles. The van der Waals surface area contributed by atoms with Crippen LogP contribution in [0.4, 0.5) is 5.82 Å². The van der Waals surface area contributed by atoms with Crippen LogP contribution in [-0.4, -0.2) is 36.2 Å². The van der Waals surface area contributed by atoms with E-state index in [1.54, 1.807) is 22.5 Å². The summed E-state index contributed by atoms with van der Waals surface area (Å²) < 4.78 is 27.2. The van der Waals surface area contributed by atoms with Crippen LogP contribution in [0.3, 0.4) is 0 Å². The molecule has 1 aliphatic rings. The molecule has 3 rings (SSSR count). The molecule has 8 heteroatoms. The van der Waals surface area contributed by atoms with Gasteiger partial charge in [0.2, 0.25) is 10.0 Å². The van der Waals surface area contributed by atoms with Gasteiger partial charge in [-0.3, -0.25) is 4.79 Å². The molecule has 1 aromatic carbocycles. The lowest BCUT2D eigenvalue weighted by molar-refractivity contribution is 0.102. The number of carbonyl (C=O) groups excluding carboxylic acids is 1. The number of anilines is 1. The van der Waals surface area contributed by atoms with Crippen molar-refractivity contribution in [1.29, 1.82) is 0 Å². The Balaban J connectivity index is 1.76. The van der Waals surface area contributed by atoms with Gasteiger partial charge in [-0.05, 0) is 56.2 Å². The molecular weight excluding hydrogens is 374 g/mol. The number of amides is 1. The average molecular weight is 394 g/mol. The van der Waals surface area contributed by atoms with E-state index in [1.807, 2.05) is 6.92 Å². The van der Waals surface area contributed by atoms with Crippen LogP contribution in [0.2, 0.25) is 5.15 Å². The van der Waals surface area contributed by atoms with E-state index in [4.69, 9.17) is 11.6 Å². The minimum Gasteiger partial charge on any atom is -0.307 e. The first kappa shape index (κ1) is 18.8. The molecule has 1 aromatic heterocycles. The SMILES string of the molecule is CC1CCCCN1S(=O)(=O)c1ccc(C(=O)Nc2cccc(Cl)n2)cc1. The highest BCUT2D eigenvalue weighted by atomic mass is 35.5. The zero-order valence-electron chi connectivity index (χ0n) is 14.4. The number of sulfonamides is 1. The normalized spacial score (nSPS) is 18.5. The van der Waals surface area contributed by atoms with Gasteiger partial charge in [0, 0.05) is 18.2 Å². The summed E-state index contributed by atoms with van der Waals surface area (Å²) in [5, 5.41) is 2.91.